The molecule has 10 heteroatoms. The molecule has 1 aromatic carbocycles. The highest BCUT2D eigenvalue weighted by Gasteiger charge is 2.26. The van der Waals surface area contributed by atoms with Crippen molar-refractivity contribution in [3.8, 4) is 11.8 Å². The van der Waals surface area contributed by atoms with Gasteiger partial charge in [-0.05, 0) is 32.8 Å². The lowest BCUT2D eigenvalue weighted by molar-refractivity contribution is 0.490. The molecule has 180 valence electrons. The highest BCUT2D eigenvalue weighted by Crippen LogP contribution is 2.22. The number of para-hydroxylation sites is 1. The standard InChI is InChI=1S/C25H28N8O2/c1-4-5-13-32-22-21(29-25(32)31-12-8-9-17(26)14-31)23(34)30(3)33(24(22)35)15-20-27-16(2)18-10-6-7-11-19(18)28-20/h6-7,10-11,17H,8-9,12-15,26H2,1-3H3/t17-/m1/s1. The molecule has 35 heavy (non-hydrogen) atoms. The molecule has 4 aromatic rings. The Bertz CT molecular complexity index is 1620. The molecule has 2 N–H and O–H groups in total. The van der Waals surface area contributed by atoms with Crippen molar-refractivity contribution < 1.29 is 0 Å². The molecule has 1 aliphatic heterocycles. The summed E-state index contributed by atoms with van der Waals surface area (Å²) in [5.41, 5.74) is 7.49. The molecule has 0 amide bonds. The fourth-order valence-electron chi connectivity index (χ4n) is 4.75. The van der Waals surface area contributed by atoms with Crippen molar-refractivity contribution in [3.05, 3.63) is 56.5 Å². The van der Waals surface area contributed by atoms with Crippen LogP contribution in [-0.4, -0.2) is 48.0 Å². The first-order valence-electron chi connectivity index (χ1n) is 11.7. The van der Waals surface area contributed by atoms with Crippen LogP contribution in [-0.2, 0) is 20.1 Å². The highest BCUT2D eigenvalue weighted by molar-refractivity contribution is 5.80. The summed E-state index contributed by atoms with van der Waals surface area (Å²) in [7, 11) is 1.57. The van der Waals surface area contributed by atoms with Gasteiger partial charge in [-0.25, -0.2) is 24.3 Å². The maximum Gasteiger partial charge on any atom is 0.293 e. The molecule has 0 unspecified atom stereocenters. The molecule has 0 aliphatic carbocycles. The number of aromatic nitrogens is 6. The molecule has 0 bridgehead atoms. The van der Waals surface area contributed by atoms with Crippen LogP contribution in [0.3, 0.4) is 0 Å². The minimum atomic E-state index is -0.358. The van der Waals surface area contributed by atoms with Crippen LogP contribution in [0.4, 0.5) is 5.95 Å². The monoisotopic (exact) mass is 472 g/mol. The molecular weight excluding hydrogens is 444 g/mol. The Morgan fingerprint density at radius 1 is 1.14 bits per heavy atom. The van der Waals surface area contributed by atoms with E-state index in [2.05, 4.69) is 26.8 Å². The Kier molecular flexibility index (Phi) is 5.86. The molecule has 1 fully saturated rings. The molecule has 0 saturated carbocycles. The Labute approximate surface area is 202 Å². The van der Waals surface area contributed by atoms with Gasteiger partial charge >= 0.3 is 0 Å². The number of nitrogens with zero attached hydrogens (tertiary/aromatic N) is 7. The van der Waals surface area contributed by atoms with Gasteiger partial charge in [-0.2, -0.15) is 0 Å². The number of anilines is 1. The van der Waals surface area contributed by atoms with Crippen molar-refractivity contribution in [1.29, 1.82) is 0 Å². The number of fused-ring (bicyclic) bond motifs is 2. The summed E-state index contributed by atoms with van der Waals surface area (Å²) in [6.45, 7) is 5.33. The third-order valence-corrected chi connectivity index (χ3v) is 6.53. The molecule has 0 spiro atoms. The van der Waals surface area contributed by atoms with Gasteiger partial charge < -0.3 is 10.6 Å². The van der Waals surface area contributed by atoms with E-state index in [-0.39, 0.29) is 41.3 Å². The van der Waals surface area contributed by atoms with Crippen LogP contribution in [0.2, 0.25) is 0 Å². The quantitative estimate of drug-likeness (QED) is 0.443. The third kappa shape index (κ3) is 3.98. The average Bonchev–Trinajstić information content (AvgIpc) is 3.24. The topological polar surface area (TPSA) is 117 Å². The fourth-order valence-corrected chi connectivity index (χ4v) is 4.75. The van der Waals surface area contributed by atoms with Gasteiger partial charge in [0.1, 0.15) is 12.1 Å². The van der Waals surface area contributed by atoms with Gasteiger partial charge in [0.25, 0.3) is 11.1 Å². The lowest BCUT2D eigenvalue weighted by Gasteiger charge is -2.31. The smallest absolute Gasteiger partial charge is 0.293 e. The Morgan fingerprint density at radius 3 is 2.71 bits per heavy atom. The Balaban J connectivity index is 1.69. The number of imidazole rings is 1. The molecule has 1 aliphatic rings. The summed E-state index contributed by atoms with van der Waals surface area (Å²) in [6, 6.07) is 7.74. The van der Waals surface area contributed by atoms with Crippen LogP contribution in [0.25, 0.3) is 21.9 Å². The van der Waals surface area contributed by atoms with Crippen molar-refractivity contribution in [3.63, 3.8) is 0 Å². The van der Waals surface area contributed by atoms with E-state index in [0.717, 1.165) is 36.0 Å². The second-order valence-corrected chi connectivity index (χ2v) is 8.90. The molecule has 1 atom stereocenters. The van der Waals surface area contributed by atoms with E-state index in [9.17, 15) is 9.59 Å². The summed E-state index contributed by atoms with van der Waals surface area (Å²) in [4.78, 5) is 43.1. The zero-order valence-electron chi connectivity index (χ0n) is 20.2. The van der Waals surface area contributed by atoms with Crippen molar-refractivity contribution in [2.45, 2.75) is 45.8 Å². The normalized spacial score (nSPS) is 16.0. The van der Waals surface area contributed by atoms with E-state index >= 15 is 0 Å². The van der Waals surface area contributed by atoms with Crippen LogP contribution < -0.4 is 21.8 Å². The maximum absolute atomic E-state index is 13.8. The number of hydrogen-bond donors (Lipinski definition) is 1. The van der Waals surface area contributed by atoms with Crippen LogP contribution in [0, 0.1) is 18.8 Å². The van der Waals surface area contributed by atoms with Gasteiger partial charge in [-0.1, -0.05) is 24.1 Å². The zero-order valence-corrected chi connectivity index (χ0v) is 20.2. The Morgan fingerprint density at radius 2 is 1.94 bits per heavy atom. The summed E-state index contributed by atoms with van der Waals surface area (Å²) < 4.78 is 4.42. The second kappa shape index (κ2) is 9.00. The number of rotatable bonds is 4. The number of aryl methyl sites for hydroxylation is 1. The first kappa shape index (κ1) is 22.8. The van der Waals surface area contributed by atoms with Crippen LogP contribution in [0.15, 0.2) is 33.9 Å². The van der Waals surface area contributed by atoms with E-state index in [1.54, 1.807) is 18.5 Å². The molecule has 10 nitrogen and oxygen atoms in total. The van der Waals surface area contributed by atoms with Crippen LogP contribution in [0.1, 0.15) is 31.3 Å². The minimum absolute atomic E-state index is 0.0158. The van der Waals surface area contributed by atoms with Gasteiger partial charge in [0.2, 0.25) is 5.95 Å². The van der Waals surface area contributed by atoms with Crippen molar-refractivity contribution >= 4 is 27.9 Å². The van der Waals surface area contributed by atoms with Gasteiger partial charge in [-0.15, -0.1) is 5.92 Å². The predicted octanol–water partition coefficient (Wildman–Crippen LogP) is 1.15. The number of benzene rings is 1. The molecule has 1 saturated heterocycles. The fraction of sp³-hybridized carbons (Fsp3) is 0.400. The summed E-state index contributed by atoms with van der Waals surface area (Å²) in [5.74, 6) is 6.92. The molecule has 4 heterocycles. The largest absolute Gasteiger partial charge is 0.341 e. The van der Waals surface area contributed by atoms with Crippen molar-refractivity contribution in [2.24, 2.45) is 12.8 Å². The number of piperidine rings is 1. The lowest BCUT2D eigenvalue weighted by atomic mass is 10.1. The number of nitrogens with two attached hydrogens (primary N) is 1. The average molecular weight is 473 g/mol. The molecular formula is C25H28N8O2. The Hall–Kier alpha value is -3.97. The van der Waals surface area contributed by atoms with E-state index in [4.69, 9.17) is 5.73 Å². The van der Waals surface area contributed by atoms with Crippen molar-refractivity contribution in [1.82, 2.24) is 28.9 Å². The van der Waals surface area contributed by atoms with E-state index < -0.39 is 0 Å². The third-order valence-electron chi connectivity index (χ3n) is 6.53. The maximum atomic E-state index is 13.8. The number of hydrogen-bond acceptors (Lipinski definition) is 7. The molecule has 0 radical (unpaired) electrons. The molecule has 3 aromatic heterocycles. The molecule has 5 rings (SSSR count). The summed E-state index contributed by atoms with van der Waals surface area (Å²) >= 11 is 0. The highest BCUT2D eigenvalue weighted by atomic mass is 16.2. The van der Waals surface area contributed by atoms with Crippen LogP contribution >= 0.6 is 0 Å². The van der Waals surface area contributed by atoms with Gasteiger partial charge in [0.15, 0.2) is 11.3 Å². The summed E-state index contributed by atoms with van der Waals surface area (Å²) in [6.07, 6.45) is 1.86. The second-order valence-electron chi connectivity index (χ2n) is 8.90. The summed E-state index contributed by atoms with van der Waals surface area (Å²) in [5, 5.41) is 0.952. The van der Waals surface area contributed by atoms with Gasteiger partial charge in [-0.3, -0.25) is 14.2 Å². The first-order valence-corrected chi connectivity index (χ1v) is 11.7. The predicted molar refractivity (Wildman–Crippen MR) is 135 cm³/mol. The van der Waals surface area contributed by atoms with Crippen LogP contribution in [0.5, 0.6) is 0 Å². The SMILES string of the molecule is CC#CCn1c(N2CCC[C@@H](N)C2)nc2c(=O)n(C)n(Cc3nc(C)c4ccccc4n3)c(=O)c21. The van der Waals surface area contributed by atoms with E-state index in [1.807, 2.05) is 36.1 Å². The van der Waals surface area contributed by atoms with Gasteiger partial charge in [0, 0.05) is 37.3 Å². The van der Waals surface area contributed by atoms with E-state index in [1.165, 1.54) is 9.36 Å². The van der Waals surface area contributed by atoms with Gasteiger partial charge in [0.05, 0.1) is 12.1 Å². The first-order chi connectivity index (χ1) is 16.9. The van der Waals surface area contributed by atoms with Crippen molar-refractivity contribution in [2.75, 3.05) is 18.0 Å². The zero-order chi connectivity index (χ0) is 24.7. The lowest BCUT2D eigenvalue weighted by Crippen LogP contribution is -2.44. The minimum Gasteiger partial charge on any atom is -0.341 e. The van der Waals surface area contributed by atoms with E-state index in [0.29, 0.717) is 18.3 Å².